The van der Waals surface area contributed by atoms with Crippen LogP contribution in [0.3, 0.4) is 0 Å². The van der Waals surface area contributed by atoms with E-state index in [2.05, 4.69) is 67.8 Å². The van der Waals surface area contributed by atoms with Crippen LogP contribution in [-0.2, 0) is 18.4 Å². The fraction of sp³-hybridized carbons (Fsp3) is 0.727. The first kappa shape index (κ1) is 40.5. The van der Waals surface area contributed by atoms with Gasteiger partial charge in [-0.2, -0.15) is 0 Å². The predicted octanol–water partition coefficient (Wildman–Crippen LogP) is 7.40. The summed E-state index contributed by atoms with van der Waals surface area (Å²) >= 11 is 0. The maximum absolute atomic E-state index is 12.6. The number of phosphoric ester groups is 1. The molecule has 0 aliphatic carbocycles. The molecule has 0 aromatic carbocycles. The molecule has 0 radical (unpaired) electrons. The number of nitrogens with zero attached hydrogens (tertiary/aromatic N) is 1. The number of nitrogens with one attached hydrogen (secondary N) is 1. The van der Waals surface area contributed by atoms with Gasteiger partial charge in [-0.1, -0.05) is 94.6 Å². The van der Waals surface area contributed by atoms with Gasteiger partial charge in [0.2, 0.25) is 5.91 Å². The number of likely N-dealkylation sites (N-methyl/N-ethyl adjacent to an activating group) is 1. The first-order chi connectivity index (χ1) is 20.0. The van der Waals surface area contributed by atoms with E-state index in [-0.39, 0.29) is 19.1 Å². The Morgan fingerprint density at radius 2 is 1.43 bits per heavy atom. The molecule has 0 rings (SSSR count). The van der Waals surface area contributed by atoms with Crippen molar-refractivity contribution in [1.29, 1.82) is 0 Å². The predicted molar refractivity (Wildman–Crippen MR) is 175 cm³/mol. The molecule has 0 spiro atoms. The molecule has 42 heavy (non-hydrogen) atoms. The van der Waals surface area contributed by atoms with Crippen LogP contribution in [-0.4, -0.2) is 73.4 Å². The summed E-state index contributed by atoms with van der Waals surface area (Å²) in [5.74, 6) is -0.184. The summed E-state index contributed by atoms with van der Waals surface area (Å²) in [4.78, 5) is 22.6. The Morgan fingerprint density at radius 1 is 0.833 bits per heavy atom. The highest BCUT2D eigenvalue weighted by molar-refractivity contribution is 7.47. The van der Waals surface area contributed by atoms with Crippen LogP contribution in [0.25, 0.3) is 0 Å². The van der Waals surface area contributed by atoms with E-state index in [1.807, 2.05) is 21.1 Å². The van der Waals surface area contributed by atoms with E-state index in [1.165, 1.54) is 0 Å². The lowest BCUT2D eigenvalue weighted by atomic mass is 10.0. The molecular weight excluding hydrogens is 551 g/mol. The molecule has 244 valence electrons. The van der Waals surface area contributed by atoms with Crippen LogP contribution in [0.2, 0.25) is 0 Å². The van der Waals surface area contributed by atoms with Crippen molar-refractivity contribution in [3.8, 4) is 0 Å². The average molecular weight is 614 g/mol. The third kappa shape index (κ3) is 27.3. The molecule has 0 aromatic rings. The highest BCUT2D eigenvalue weighted by Gasteiger charge is 2.28. The zero-order chi connectivity index (χ0) is 31.5. The van der Waals surface area contributed by atoms with Crippen molar-refractivity contribution >= 4 is 13.7 Å². The number of carbonyl (C=O) groups is 1. The van der Waals surface area contributed by atoms with Gasteiger partial charge in [-0.05, 0) is 51.4 Å². The van der Waals surface area contributed by atoms with Gasteiger partial charge in [-0.3, -0.25) is 13.8 Å². The molecular formula is C33H62N2O6P+. The Kier molecular flexibility index (Phi) is 25.0. The van der Waals surface area contributed by atoms with Gasteiger partial charge in [0.1, 0.15) is 13.2 Å². The number of phosphoric acid groups is 1. The second-order valence-electron chi connectivity index (χ2n) is 11.8. The Hall–Kier alpha value is -1.54. The first-order valence-electron chi connectivity index (χ1n) is 16.0. The van der Waals surface area contributed by atoms with E-state index in [9.17, 15) is 19.4 Å². The first-order valence-corrected chi connectivity index (χ1v) is 17.5. The molecule has 0 bridgehead atoms. The average Bonchev–Trinajstić information content (AvgIpc) is 2.92. The minimum atomic E-state index is -4.29. The third-order valence-corrected chi connectivity index (χ3v) is 7.58. The van der Waals surface area contributed by atoms with Gasteiger partial charge in [0.25, 0.3) is 0 Å². The van der Waals surface area contributed by atoms with Crippen LogP contribution in [0.5, 0.6) is 0 Å². The van der Waals surface area contributed by atoms with Crippen molar-refractivity contribution in [2.75, 3.05) is 40.9 Å². The molecule has 0 fully saturated rings. The van der Waals surface area contributed by atoms with Crippen LogP contribution in [0.1, 0.15) is 104 Å². The van der Waals surface area contributed by atoms with Crippen molar-refractivity contribution in [3.05, 3.63) is 48.6 Å². The second-order valence-corrected chi connectivity index (χ2v) is 13.3. The molecule has 8 nitrogen and oxygen atoms in total. The lowest BCUT2D eigenvalue weighted by Crippen LogP contribution is -2.46. The van der Waals surface area contributed by atoms with E-state index in [0.717, 1.165) is 77.0 Å². The fourth-order valence-corrected chi connectivity index (χ4v) is 4.71. The van der Waals surface area contributed by atoms with Crippen molar-refractivity contribution in [1.82, 2.24) is 5.32 Å². The maximum atomic E-state index is 12.6. The van der Waals surface area contributed by atoms with Gasteiger partial charge in [0, 0.05) is 6.42 Å². The van der Waals surface area contributed by atoms with Crippen molar-refractivity contribution in [2.24, 2.45) is 0 Å². The van der Waals surface area contributed by atoms with Gasteiger partial charge >= 0.3 is 7.82 Å². The van der Waals surface area contributed by atoms with E-state index in [1.54, 1.807) is 0 Å². The largest absolute Gasteiger partial charge is 0.472 e. The van der Waals surface area contributed by atoms with Crippen LogP contribution < -0.4 is 5.32 Å². The highest BCUT2D eigenvalue weighted by atomic mass is 31.2. The molecule has 3 N–H and O–H groups in total. The minimum Gasteiger partial charge on any atom is -0.391 e. The van der Waals surface area contributed by atoms with Crippen molar-refractivity contribution in [2.45, 2.75) is 116 Å². The zero-order valence-electron chi connectivity index (χ0n) is 27.2. The molecule has 3 atom stereocenters. The normalized spacial score (nSPS) is 15.7. The molecule has 0 aliphatic rings. The number of hydrogen-bond donors (Lipinski definition) is 3. The number of rotatable bonds is 27. The monoisotopic (exact) mass is 613 g/mol. The van der Waals surface area contributed by atoms with Gasteiger partial charge in [-0.15, -0.1) is 0 Å². The van der Waals surface area contributed by atoms with E-state index < -0.39 is 20.0 Å². The number of quaternary nitrogens is 1. The van der Waals surface area contributed by atoms with Gasteiger partial charge < -0.3 is 19.8 Å². The SMILES string of the molecule is CC/C=C\C/C=C\C/C=C\C/C=C\CCCCCCC(=O)NC(COP(=O)(O)OCC[N+](C)(C)C)C(O)CCCCC. The summed E-state index contributed by atoms with van der Waals surface area (Å²) in [6.45, 7) is 4.54. The Morgan fingerprint density at radius 3 is 2.02 bits per heavy atom. The van der Waals surface area contributed by atoms with E-state index in [4.69, 9.17) is 9.05 Å². The number of aliphatic hydroxyl groups is 1. The lowest BCUT2D eigenvalue weighted by Gasteiger charge is -2.26. The van der Waals surface area contributed by atoms with Crippen molar-refractivity contribution in [3.63, 3.8) is 0 Å². The Labute approximate surface area is 257 Å². The van der Waals surface area contributed by atoms with Crippen molar-refractivity contribution < 1.29 is 32.9 Å². The minimum absolute atomic E-state index is 0.0651. The standard InChI is InChI=1S/C33H61N2O6P/c1-6-8-10-11-12-13-14-15-16-17-18-19-20-21-22-23-25-27-33(37)34-31(32(36)26-24-9-7-2)30-41-42(38,39)40-29-28-35(3,4)5/h8,10,12-13,15-16,18-19,31-32,36H,6-7,9,11,14,17,20-30H2,1-5H3,(H-,34,37,38,39)/p+1/b10-8-,13-12-,16-15-,19-18-. The van der Waals surface area contributed by atoms with Gasteiger partial charge in [0.05, 0.1) is 39.9 Å². The van der Waals surface area contributed by atoms with E-state index in [0.29, 0.717) is 23.9 Å². The second kappa shape index (κ2) is 25.9. The topological polar surface area (TPSA) is 105 Å². The third-order valence-electron chi connectivity index (χ3n) is 6.59. The van der Waals surface area contributed by atoms with Gasteiger partial charge in [-0.25, -0.2) is 4.57 Å². The van der Waals surface area contributed by atoms with E-state index >= 15 is 0 Å². The highest BCUT2D eigenvalue weighted by Crippen LogP contribution is 2.43. The molecule has 0 aromatic heterocycles. The summed E-state index contributed by atoms with van der Waals surface area (Å²) in [5, 5.41) is 13.5. The molecule has 9 heteroatoms. The molecule has 1 amide bonds. The number of carbonyl (C=O) groups excluding carboxylic acids is 1. The quantitative estimate of drug-likeness (QED) is 0.0386. The lowest BCUT2D eigenvalue weighted by molar-refractivity contribution is -0.870. The van der Waals surface area contributed by atoms with Crippen LogP contribution in [0.15, 0.2) is 48.6 Å². The maximum Gasteiger partial charge on any atom is 0.472 e. The summed E-state index contributed by atoms with van der Waals surface area (Å²) in [6, 6.07) is -0.769. The molecule has 0 saturated heterocycles. The van der Waals surface area contributed by atoms with Gasteiger partial charge in [0.15, 0.2) is 0 Å². The van der Waals surface area contributed by atoms with Crippen LogP contribution in [0.4, 0.5) is 0 Å². The molecule has 3 unspecified atom stereocenters. The zero-order valence-corrected chi connectivity index (χ0v) is 28.1. The molecule has 0 aliphatic heterocycles. The summed E-state index contributed by atoms with van der Waals surface area (Å²) in [6.07, 6.45) is 29.2. The van der Waals surface area contributed by atoms with Crippen LogP contribution in [0, 0.1) is 0 Å². The number of hydrogen-bond acceptors (Lipinski definition) is 5. The number of unbranched alkanes of at least 4 members (excludes halogenated alkanes) is 6. The smallest absolute Gasteiger partial charge is 0.391 e. The summed E-state index contributed by atoms with van der Waals surface area (Å²) in [5.41, 5.74) is 0. The van der Waals surface area contributed by atoms with Crippen LogP contribution >= 0.6 is 7.82 Å². The molecule has 0 saturated carbocycles. The number of allylic oxidation sites excluding steroid dienone is 8. The fourth-order valence-electron chi connectivity index (χ4n) is 3.97. The Bertz CT molecular complexity index is 835. The number of aliphatic hydroxyl groups excluding tert-OH is 1. The number of amides is 1. The Balaban J connectivity index is 4.30. The summed E-state index contributed by atoms with van der Waals surface area (Å²) < 4.78 is 23.1. The molecule has 0 heterocycles. The summed E-state index contributed by atoms with van der Waals surface area (Å²) in [7, 11) is 1.58.